The molecule has 6 nitrogen and oxygen atoms in total. The summed E-state index contributed by atoms with van der Waals surface area (Å²) in [4.78, 5) is 23.7. The Morgan fingerprint density at radius 1 is 1.04 bits per heavy atom. The first kappa shape index (κ1) is 20.3. The van der Waals surface area contributed by atoms with E-state index in [-0.39, 0.29) is 6.42 Å². The van der Waals surface area contributed by atoms with Crippen molar-refractivity contribution in [3.05, 3.63) is 54.1 Å². The number of carboxylic acids is 1. The molecule has 0 radical (unpaired) electrons. The minimum atomic E-state index is -1.13. The Morgan fingerprint density at radius 3 is 2.22 bits per heavy atom. The summed E-state index contributed by atoms with van der Waals surface area (Å²) in [5.74, 6) is -0.437. The summed E-state index contributed by atoms with van der Waals surface area (Å²) in [6.07, 6.45) is -0.646. The summed E-state index contributed by atoms with van der Waals surface area (Å²) in [6, 6.07) is 13.9. The van der Waals surface area contributed by atoms with E-state index < -0.39 is 23.7 Å². The van der Waals surface area contributed by atoms with Crippen LogP contribution in [0.25, 0.3) is 11.1 Å². The topological polar surface area (TPSA) is 84.9 Å². The van der Waals surface area contributed by atoms with Crippen molar-refractivity contribution in [2.75, 3.05) is 7.11 Å². The number of carbonyl (C=O) groups excluding carboxylic acids is 1. The zero-order chi connectivity index (χ0) is 20.0. The normalized spacial score (nSPS) is 12.1. The quantitative estimate of drug-likeness (QED) is 0.805. The summed E-state index contributed by atoms with van der Waals surface area (Å²) >= 11 is 0. The number of carboxylic acid groups (broad SMARTS) is 1. The minimum absolute atomic E-state index is 0.114. The number of alkyl carbamates (subject to hydrolysis) is 1. The number of nitrogens with one attached hydrogen (secondary N) is 1. The van der Waals surface area contributed by atoms with Crippen molar-refractivity contribution in [1.82, 2.24) is 5.32 Å². The fraction of sp³-hybridized carbons (Fsp3) is 0.333. The van der Waals surface area contributed by atoms with Gasteiger partial charge in [0.25, 0.3) is 0 Å². The molecule has 2 aromatic rings. The maximum absolute atomic E-state index is 12.0. The third kappa shape index (κ3) is 5.74. The van der Waals surface area contributed by atoms with Gasteiger partial charge in [-0.1, -0.05) is 42.5 Å². The monoisotopic (exact) mass is 371 g/mol. The highest BCUT2D eigenvalue weighted by atomic mass is 16.6. The SMILES string of the molecule is COc1ccccc1-c1ccccc1CC(NC(=O)OC(C)(C)C)C(=O)O. The zero-order valence-corrected chi connectivity index (χ0v) is 16.0. The van der Waals surface area contributed by atoms with E-state index in [1.807, 2.05) is 48.5 Å². The van der Waals surface area contributed by atoms with Crippen LogP contribution in [0.5, 0.6) is 5.75 Å². The number of carbonyl (C=O) groups is 2. The second-order valence-electron chi connectivity index (χ2n) is 7.10. The van der Waals surface area contributed by atoms with Crippen LogP contribution in [-0.2, 0) is 16.0 Å². The van der Waals surface area contributed by atoms with Gasteiger partial charge in [-0.05, 0) is 38.0 Å². The van der Waals surface area contributed by atoms with Gasteiger partial charge in [-0.25, -0.2) is 9.59 Å². The third-order valence-electron chi connectivity index (χ3n) is 3.83. The third-order valence-corrected chi connectivity index (χ3v) is 3.83. The standard InChI is InChI=1S/C21H25NO5/c1-21(2,3)27-20(25)22-17(19(23)24)13-14-9-5-6-10-15(14)16-11-7-8-12-18(16)26-4/h5-12,17H,13H2,1-4H3,(H,22,25)(H,23,24). The molecule has 1 amide bonds. The van der Waals surface area contributed by atoms with Gasteiger partial charge in [-0.15, -0.1) is 0 Å². The second-order valence-corrected chi connectivity index (χ2v) is 7.10. The number of rotatable bonds is 6. The molecule has 1 unspecified atom stereocenters. The summed E-state index contributed by atoms with van der Waals surface area (Å²) < 4.78 is 10.6. The highest BCUT2D eigenvalue weighted by Crippen LogP contribution is 2.32. The first-order valence-electron chi connectivity index (χ1n) is 8.65. The molecule has 144 valence electrons. The molecule has 0 aromatic heterocycles. The molecule has 6 heteroatoms. The molecule has 0 bridgehead atoms. The van der Waals surface area contributed by atoms with Crippen LogP contribution in [0.15, 0.2) is 48.5 Å². The molecule has 1 atom stereocenters. The first-order chi connectivity index (χ1) is 12.7. The van der Waals surface area contributed by atoms with E-state index in [1.165, 1.54) is 0 Å². The van der Waals surface area contributed by atoms with Gasteiger partial charge in [0, 0.05) is 12.0 Å². The maximum atomic E-state index is 12.0. The highest BCUT2D eigenvalue weighted by Gasteiger charge is 2.25. The smallest absolute Gasteiger partial charge is 0.408 e. The number of hydrogen-bond acceptors (Lipinski definition) is 4. The number of amides is 1. The van der Waals surface area contributed by atoms with E-state index in [4.69, 9.17) is 9.47 Å². The molecule has 0 saturated heterocycles. The highest BCUT2D eigenvalue weighted by molar-refractivity contribution is 5.81. The minimum Gasteiger partial charge on any atom is -0.496 e. The Kier molecular flexibility index (Phi) is 6.45. The molecule has 2 rings (SSSR count). The van der Waals surface area contributed by atoms with Crippen molar-refractivity contribution < 1.29 is 24.2 Å². The molecule has 0 aliphatic rings. The first-order valence-corrected chi connectivity index (χ1v) is 8.65. The van der Waals surface area contributed by atoms with E-state index in [9.17, 15) is 14.7 Å². The summed E-state index contributed by atoms with van der Waals surface area (Å²) in [5, 5.41) is 12.0. The molecule has 0 heterocycles. The molecule has 2 N–H and O–H groups in total. The van der Waals surface area contributed by atoms with Crippen LogP contribution in [0, 0.1) is 0 Å². The van der Waals surface area contributed by atoms with Crippen LogP contribution >= 0.6 is 0 Å². The largest absolute Gasteiger partial charge is 0.496 e. The zero-order valence-electron chi connectivity index (χ0n) is 16.0. The molecular formula is C21H25NO5. The fourth-order valence-electron chi connectivity index (χ4n) is 2.70. The van der Waals surface area contributed by atoms with Gasteiger partial charge in [-0.3, -0.25) is 0 Å². The Morgan fingerprint density at radius 2 is 1.63 bits per heavy atom. The summed E-state index contributed by atoms with van der Waals surface area (Å²) in [6.45, 7) is 5.16. The van der Waals surface area contributed by atoms with Crippen LogP contribution in [0.4, 0.5) is 4.79 Å². The lowest BCUT2D eigenvalue weighted by Gasteiger charge is -2.22. The average Bonchev–Trinajstić information content (AvgIpc) is 2.60. The molecular weight excluding hydrogens is 346 g/mol. The van der Waals surface area contributed by atoms with Crippen molar-refractivity contribution in [3.63, 3.8) is 0 Å². The molecule has 0 aliphatic heterocycles. The Balaban J connectivity index is 2.29. The van der Waals surface area contributed by atoms with Crippen LogP contribution in [0.1, 0.15) is 26.3 Å². The second kappa shape index (κ2) is 8.58. The van der Waals surface area contributed by atoms with Crippen molar-refractivity contribution in [3.8, 4) is 16.9 Å². The van der Waals surface area contributed by atoms with Gasteiger partial charge in [0.15, 0.2) is 0 Å². The number of para-hydroxylation sites is 1. The van der Waals surface area contributed by atoms with Gasteiger partial charge < -0.3 is 19.9 Å². The van der Waals surface area contributed by atoms with E-state index in [0.717, 1.165) is 16.7 Å². The number of ether oxygens (including phenoxy) is 2. The number of methoxy groups -OCH3 is 1. The molecule has 0 spiro atoms. The van der Waals surface area contributed by atoms with Crippen molar-refractivity contribution in [2.24, 2.45) is 0 Å². The maximum Gasteiger partial charge on any atom is 0.408 e. The van der Waals surface area contributed by atoms with Crippen LogP contribution < -0.4 is 10.1 Å². The fourth-order valence-corrected chi connectivity index (χ4v) is 2.70. The van der Waals surface area contributed by atoms with Gasteiger partial charge in [0.1, 0.15) is 17.4 Å². The van der Waals surface area contributed by atoms with E-state index in [1.54, 1.807) is 27.9 Å². The van der Waals surface area contributed by atoms with Crippen LogP contribution in [0.2, 0.25) is 0 Å². The van der Waals surface area contributed by atoms with Gasteiger partial charge >= 0.3 is 12.1 Å². The van der Waals surface area contributed by atoms with Crippen LogP contribution in [0.3, 0.4) is 0 Å². The Labute approximate surface area is 159 Å². The van der Waals surface area contributed by atoms with Gasteiger partial charge in [0.05, 0.1) is 7.11 Å². The lowest BCUT2D eigenvalue weighted by molar-refractivity contribution is -0.139. The molecule has 27 heavy (non-hydrogen) atoms. The van der Waals surface area contributed by atoms with Crippen molar-refractivity contribution in [1.29, 1.82) is 0 Å². The Bertz CT molecular complexity index is 810. The molecule has 0 fully saturated rings. The van der Waals surface area contributed by atoms with E-state index >= 15 is 0 Å². The van der Waals surface area contributed by atoms with Gasteiger partial charge in [-0.2, -0.15) is 0 Å². The van der Waals surface area contributed by atoms with E-state index in [2.05, 4.69) is 5.32 Å². The molecule has 0 saturated carbocycles. The molecule has 0 aliphatic carbocycles. The average molecular weight is 371 g/mol. The lowest BCUT2D eigenvalue weighted by Crippen LogP contribution is -2.44. The Hall–Kier alpha value is -3.02. The van der Waals surface area contributed by atoms with Crippen molar-refractivity contribution in [2.45, 2.75) is 38.8 Å². The number of benzene rings is 2. The summed E-state index contributed by atoms with van der Waals surface area (Å²) in [5.41, 5.74) is 1.79. The van der Waals surface area contributed by atoms with Crippen molar-refractivity contribution >= 4 is 12.1 Å². The number of hydrogen-bond donors (Lipinski definition) is 2. The molecule has 2 aromatic carbocycles. The number of aliphatic carboxylic acids is 1. The van der Waals surface area contributed by atoms with E-state index in [0.29, 0.717) is 5.75 Å². The van der Waals surface area contributed by atoms with Crippen LogP contribution in [-0.4, -0.2) is 35.9 Å². The summed E-state index contributed by atoms with van der Waals surface area (Å²) in [7, 11) is 1.59. The lowest BCUT2D eigenvalue weighted by atomic mass is 9.94. The predicted octanol–water partition coefficient (Wildman–Crippen LogP) is 3.88. The predicted molar refractivity (Wildman–Crippen MR) is 103 cm³/mol. The van der Waals surface area contributed by atoms with Gasteiger partial charge in [0.2, 0.25) is 0 Å².